The molecule has 0 spiro atoms. The van der Waals surface area contributed by atoms with Crippen LogP contribution in [0.2, 0.25) is 0 Å². The average Bonchev–Trinajstić information content (AvgIpc) is 2.95. The highest BCUT2D eigenvalue weighted by Gasteiger charge is 2.25. The Balaban J connectivity index is 2.58. The molecule has 0 atom stereocenters. The summed E-state index contributed by atoms with van der Waals surface area (Å²) in [6.45, 7) is 9.57. The first-order chi connectivity index (χ1) is 9.38. The third-order valence-corrected chi connectivity index (χ3v) is 3.16. The van der Waals surface area contributed by atoms with Gasteiger partial charge in [0.1, 0.15) is 17.3 Å². The van der Waals surface area contributed by atoms with E-state index < -0.39 is 0 Å². The van der Waals surface area contributed by atoms with Crippen LogP contribution < -0.4 is 5.73 Å². The minimum absolute atomic E-state index is 0.121. The van der Waals surface area contributed by atoms with E-state index in [9.17, 15) is 0 Å². The Hall–Kier alpha value is -2.22. The number of nitrogens with two attached hydrogens (primary N) is 1. The van der Waals surface area contributed by atoms with Crippen molar-refractivity contribution < 1.29 is 0 Å². The molecule has 0 aromatic carbocycles. The highest BCUT2D eigenvalue weighted by atomic mass is 15.3. The lowest BCUT2D eigenvalue weighted by Gasteiger charge is -2.18. The molecule has 20 heavy (non-hydrogen) atoms. The van der Waals surface area contributed by atoms with E-state index in [2.05, 4.69) is 31.8 Å². The van der Waals surface area contributed by atoms with Gasteiger partial charge in [0.2, 0.25) is 0 Å². The van der Waals surface area contributed by atoms with Crippen LogP contribution in [0.3, 0.4) is 0 Å². The van der Waals surface area contributed by atoms with Gasteiger partial charge in [-0.05, 0) is 6.92 Å². The average molecular weight is 271 g/mol. The van der Waals surface area contributed by atoms with Crippen molar-refractivity contribution in [3.8, 4) is 23.6 Å². The largest absolute Gasteiger partial charge is 0.383 e. The number of aromatic nitrogens is 4. The van der Waals surface area contributed by atoms with Crippen molar-refractivity contribution in [2.45, 2.75) is 46.2 Å². The van der Waals surface area contributed by atoms with Gasteiger partial charge >= 0.3 is 0 Å². The Morgan fingerprint density at radius 1 is 1.40 bits per heavy atom. The van der Waals surface area contributed by atoms with Crippen molar-refractivity contribution in [2.24, 2.45) is 0 Å². The Morgan fingerprint density at radius 2 is 2.10 bits per heavy atom. The van der Waals surface area contributed by atoms with Crippen LogP contribution in [-0.4, -0.2) is 19.3 Å². The molecule has 0 bridgehead atoms. The first-order valence-electron chi connectivity index (χ1n) is 6.71. The number of terminal acetylenes is 1. The van der Waals surface area contributed by atoms with Crippen molar-refractivity contribution in [1.82, 2.24) is 19.3 Å². The second-order valence-corrected chi connectivity index (χ2v) is 5.79. The smallest absolute Gasteiger partial charge is 0.132 e. The summed E-state index contributed by atoms with van der Waals surface area (Å²) in [6, 6.07) is 0. The second-order valence-electron chi connectivity index (χ2n) is 5.79. The number of aryl methyl sites for hydroxylation is 1. The van der Waals surface area contributed by atoms with Crippen LogP contribution >= 0.6 is 0 Å². The van der Waals surface area contributed by atoms with Gasteiger partial charge in [-0.3, -0.25) is 4.68 Å². The van der Waals surface area contributed by atoms with E-state index in [0.29, 0.717) is 12.4 Å². The Morgan fingerprint density at radius 3 is 2.60 bits per heavy atom. The van der Waals surface area contributed by atoms with Crippen LogP contribution in [0.25, 0.3) is 11.3 Å². The molecule has 2 rings (SSSR count). The summed E-state index contributed by atoms with van der Waals surface area (Å²) < 4.78 is 3.75. The lowest BCUT2D eigenvalue weighted by atomic mass is 9.95. The molecule has 0 amide bonds. The van der Waals surface area contributed by atoms with E-state index in [-0.39, 0.29) is 5.41 Å². The molecule has 0 aliphatic rings. The predicted octanol–water partition coefficient (Wildman–Crippen LogP) is 2.28. The van der Waals surface area contributed by atoms with Gasteiger partial charge in [0.15, 0.2) is 0 Å². The number of nitrogens with zero attached hydrogens (tertiary/aromatic N) is 4. The zero-order valence-corrected chi connectivity index (χ0v) is 12.5. The van der Waals surface area contributed by atoms with Crippen LogP contribution in [0.5, 0.6) is 0 Å². The molecule has 0 aliphatic heterocycles. The van der Waals surface area contributed by atoms with E-state index in [1.165, 1.54) is 0 Å². The highest BCUT2D eigenvalue weighted by Crippen LogP contribution is 2.31. The minimum Gasteiger partial charge on any atom is -0.383 e. The van der Waals surface area contributed by atoms with Crippen LogP contribution in [0.1, 0.15) is 33.5 Å². The first kappa shape index (κ1) is 14.2. The summed E-state index contributed by atoms with van der Waals surface area (Å²) in [5.74, 6) is 4.14. The van der Waals surface area contributed by atoms with Crippen LogP contribution in [-0.2, 0) is 18.5 Å². The zero-order chi connectivity index (χ0) is 14.9. The molecular formula is C15H21N5. The minimum atomic E-state index is -0.121. The van der Waals surface area contributed by atoms with Gasteiger partial charge < -0.3 is 10.3 Å². The van der Waals surface area contributed by atoms with Gasteiger partial charge in [0.25, 0.3) is 0 Å². The van der Waals surface area contributed by atoms with Gasteiger partial charge in [-0.2, -0.15) is 5.10 Å². The Bertz CT molecular complexity index is 649. The summed E-state index contributed by atoms with van der Waals surface area (Å²) in [5.41, 5.74) is 7.79. The van der Waals surface area contributed by atoms with Crippen LogP contribution in [0, 0.1) is 12.3 Å². The van der Waals surface area contributed by atoms with Crippen molar-refractivity contribution in [1.29, 1.82) is 0 Å². The zero-order valence-electron chi connectivity index (χ0n) is 12.5. The van der Waals surface area contributed by atoms with Gasteiger partial charge in [-0.1, -0.05) is 26.7 Å². The molecule has 106 valence electrons. The summed E-state index contributed by atoms with van der Waals surface area (Å²) in [6.07, 6.45) is 9.18. The number of hydrogen-bond donors (Lipinski definition) is 1. The first-order valence-corrected chi connectivity index (χ1v) is 6.71. The molecule has 2 N–H and O–H groups in total. The van der Waals surface area contributed by atoms with Gasteiger partial charge in [-0.25, -0.2) is 4.98 Å². The molecule has 0 fully saturated rings. The fourth-order valence-electron chi connectivity index (χ4n) is 2.16. The molecule has 0 radical (unpaired) electrons. The fraction of sp³-hybridized carbons (Fsp3) is 0.467. The van der Waals surface area contributed by atoms with E-state index in [1.807, 2.05) is 22.4 Å². The maximum atomic E-state index is 6.24. The standard InChI is InChI=1S/C15H21N5/c1-6-8-20-13(16)12(18-14(20)15(3,4)5)11-9-17-19(7-2)10-11/h1,9-10H,7-8,16H2,2-5H3. The molecule has 2 heterocycles. The normalized spacial score (nSPS) is 11.6. The number of nitrogen functional groups attached to an aromatic ring is 1. The SMILES string of the molecule is C#CCn1c(C(C)(C)C)nc(-c2cnn(CC)c2)c1N. The van der Waals surface area contributed by atoms with Gasteiger partial charge in [0, 0.05) is 23.7 Å². The van der Waals surface area contributed by atoms with E-state index in [4.69, 9.17) is 17.1 Å². The molecule has 2 aromatic heterocycles. The van der Waals surface area contributed by atoms with Crippen LogP contribution in [0.15, 0.2) is 12.4 Å². The summed E-state index contributed by atoms with van der Waals surface area (Å²) in [7, 11) is 0. The number of imidazole rings is 1. The van der Waals surface area contributed by atoms with Crippen molar-refractivity contribution in [2.75, 3.05) is 5.73 Å². The lowest BCUT2D eigenvalue weighted by Crippen LogP contribution is -2.19. The molecule has 5 nitrogen and oxygen atoms in total. The fourth-order valence-corrected chi connectivity index (χ4v) is 2.16. The van der Waals surface area contributed by atoms with E-state index in [1.54, 1.807) is 6.20 Å². The highest BCUT2D eigenvalue weighted by molar-refractivity contribution is 5.70. The quantitative estimate of drug-likeness (QED) is 0.871. The number of rotatable bonds is 3. The number of hydrogen-bond acceptors (Lipinski definition) is 3. The second kappa shape index (κ2) is 5.04. The third kappa shape index (κ3) is 2.42. The summed E-state index contributed by atoms with van der Waals surface area (Å²) in [5, 5.41) is 4.27. The van der Waals surface area contributed by atoms with Crippen molar-refractivity contribution >= 4 is 5.82 Å². The number of anilines is 1. The Kier molecular flexibility index (Phi) is 3.58. The monoisotopic (exact) mass is 271 g/mol. The van der Waals surface area contributed by atoms with Crippen LogP contribution in [0.4, 0.5) is 5.82 Å². The summed E-state index contributed by atoms with van der Waals surface area (Å²) >= 11 is 0. The van der Waals surface area contributed by atoms with Gasteiger partial charge in [-0.15, -0.1) is 6.42 Å². The molecule has 0 aliphatic carbocycles. The van der Waals surface area contributed by atoms with Gasteiger partial charge in [0.05, 0.1) is 12.7 Å². The lowest BCUT2D eigenvalue weighted by molar-refractivity contribution is 0.517. The Labute approximate surface area is 119 Å². The molecular weight excluding hydrogens is 250 g/mol. The molecule has 0 saturated carbocycles. The van der Waals surface area contributed by atoms with Crippen molar-refractivity contribution in [3.05, 3.63) is 18.2 Å². The van der Waals surface area contributed by atoms with E-state index in [0.717, 1.165) is 23.6 Å². The third-order valence-electron chi connectivity index (χ3n) is 3.16. The summed E-state index contributed by atoms with van der Waals surface area (Å²) in [4.78, 5) is 4.71. The topological polar surface area (TPSA) is 61.7 Å². The van der Waals surface area contributed by atoms with Crippen molar-refractivity contribution in [3.63, 3.8) is 0 Å². The molecule has 5 heteroatoms. The maximum Gasteiger partial charge on any atom is 0.132 e. The van der Waals surface area contributed by atoms with E-state index >= 15 is 0 Å². The molecule has 0 unspecified atom stereocenters. The predicted molar refractivity (Wildman–Crippen MR) is 81.1 cm³/mol. The molecule has 0 saturated heterocycles. The molecule has 2 aromatic rings. The maximum absolute atomic E-state index is 6.24.